The standard InChI is InChI=1S/C12H19FN2/c1-3-14-7-8-15(2)10-11-5-4-6-12(13)9-11/h4-6,9,14H,3,7-8,10H2,1-2H3. The topological polar surface area (TPSA) is 15.3 Å². The molecule has 1 aromatic rings. The van der Waals surface area contributed by atoms with Crippen LogP contribution >= 0.6 is 0 Å². The van der Waals surface area contributed by atoms with Crippen LogP contribution in [0.2, 0.25) is 0 Å². The fourth-order valence-corrected chi connectivity index (χ4v) is 1.47. The van der Waals surface area contributed by atoms with Crippen molar-refractivity contribution in [1.29, 1.82) is 0 Å². The van der Waals surface area contributed by atoms with Crippen molar-refractivity contribution < 1.29 is 4.39 Å². The Morgan fingerprint density at radius 2 is 2.20 bits per heavy atom. The van der Waals surface area contributed by atoms with E-state index in [0.717, 1.165) is 31.7 Å². The largest absolute Gasteiger partial charge is 0.316 e. The minimum Gasteiger partial charge on any atom is -0.316 e. The van der Waals surface area contributed by atoms with Crippen molar-refractivity contribution in [3.8, 4) is 0 Å². The second kappa shape index (κ2) is 6.53. The van der Waals surface area contributed by atoms with Gasteiger partial charge in [-0.1, -0.05) is 19.1 Å². The normalized spacial score (nSPS) is 10.9. The monoisotopic (exact) mass is 210 g/mol. The lowest BCUT2D eigenvalue weighted by Gasteiger charge is -2.16. The maximum atomic E-state index is 12.9. The summed E-state index contributed by atoms with van der Waals surface area (Å²) in [4.78, 5) is 2.18. The van der Waals surface area contributed by atoms with Gasteiger partial charge < -0.3 is 10.2 Å². The molecule has 0 unspecified atom stereocenters. The molecule has 0 spiro atoms. The van der Waals surface area contributed by atoms with Crippen molar-refractivity contribution in [2.24, 2.45) is 0 Å². The summed E-state index contributed by atoms with van der Waals surface area (Å²) in [5.41, 5.74) is 1.02. The Labute approximate surface area is 91.1 Å². The third kappa shape index (κ3) is 4.91. The van der Waals surface area contributed by atoms with Crippen LogP contribution in [0.25, 0.3) is 0 Å². The predicted molar refractivity (Wildman–Crippen MR) is 61.3 cm³/mol. The van der Waals surface area contributed by atoms with E-state index in [1.165, 1.54) is 6.07 Å². The van der Waals surface area contributed by atoms with E-state index < -0.39 is 0 Å². The fourth-order valence-electron chi connectivity index (χ4n) is 1.47. The molecule has 3 heteroatoms. The Bertz CT molecular complexity index is 289. The summed E-state index contributed by atoms with van der Waals surface area (Å²) in [6.07, 6.45) is 0. The van der Waals surface area contributed by atoms with Crippen LogP contribution in [0.15, 0.2) is 24.3 Å². The average Bonchev–Trinajstić information content (AvgIpc) is 2.18. The number of hydrogen-bond donors (Lipinski definition) is 1. The van der Waals surface area contributed by atoms with Crippen molar-refractivity contribution in [3.63, 3.8) is 0 Å². The SMILES string of the molecule is CCNCCN(C)Cc1cccc(F)c1. The Morgan fingerprint density at radius 1 is 1.40 bits per heavy atom. The third-order valence-electron chi connectivity index (χ3n) is 2.26. The van der Waals surface area contributed by atoms with E-state index >= 15 is 0 Å². The summed E-state index contributed by atoms with van der Waals surface area (Å²) in [6.45, 7) is 5.83. The molecule has 0 aliphatic carbocycles. The lowest BCUT2D eigenvalue weighted by molar-refractivity contribution is 0.325. The second-order valence-electron chi connectivity index (χ2n) is 3.72. The molecule has 0 fully saturated rings. The van der Waals surface area contributed by atoms with E-state index in [0.29, 0.717) is 0 Å². The van der Waals surface area contributed by atoms with Crippen molar-refractivity contribution in [2.75, 3.05) is 26.7 Å². The third-order valence-corrected chi connectivity index (χ3v) is 2.26. The van der Waals surface area contributed by atoms with Crippen LogP contribution in [-0.4, -0.2) is 31.6 Å². The summed E-state index contributed by atoms with van der Waals surface area (Å²) >= 11 is 0. The zero-order valence-electron chi connectivity index (χ0n) is 9.46. The lowest BCUT2D eigenvalue weighted by Crippen LogP contribution is -2.28. The maximum absolute atomic E-state index is 12.9. The first-order valence-electron chi connectivity index (χ1n) is 5.36. The summed E-state index contributed by atoms with van der Waals surface area (Å²) in [5, 5.41) is 3.26. The molecule has 0 aliphatic heterocycles. The molecule has 0 aromatic heterocycles. The highest BCUT2D eigenvalue weighted by Crippen LogP contribution is 2.05. The molecule has 15 heavy (non-hydrogen) atoms. The Kier molecular flexibility index (Phi) is 5.29. The molecule has 0 radical (unpaired) electrons. The van der Waals surface area contributed by atoms with Gasteiger partial charge in [-0.3, -0.25) is 0 Å². The molecular formula is C12H19FN2. The van der Waals surface area contributed by atoms with Gasteiger partial charge in [0.2, 0.25) is 0 Å². The highest BCUT2D eigenvalue weighted by atomic mass is 19.1. The van der Waals surface area contributed by atoms with E-state index in [1.54, 1.807) is 12.1 Å². The van der Waals surface area contributed by atoms with E-state index in [2.05, 4.69) is 17.1 Å². The molecule has 0 saturated carbocycles. The molecule has 1 rings (SSSR count). The molecule has 0 saturated heterocycles. The Hall–Kier alpha value is -0.930. The molecule has 0 heterocycles. The smallest absolute Gasteiger partial charge is 0.123 e. The van der Waals surface area contributed by atoms with E-state index in [4.69, 9.17) is 0 Å². The predicted octanol–water partition coefficient (Wildman–Crippen LogP) is 1.87. The molecule has 1 N–H and O–H groups in total. The Morgan fingerprint density at radius 3 is 2.87 bits per heavy atom. The summed E-state index contributed by atoms with van der Waals surface area (Å²) in [5.74, 6) is -0.160. The van der Waals surface area contributed by atoms with Gasteiger partial charge >= 0.3 is 0 Å². The molecule has 2 nitrogen and oxygen atoms in total. The van der Waals surface area contributed by atoms with Crippen molar-refractivity contribution in [1.82, 2.24) is 10.2 Å². The van der Waals surface area contributed by atoms with E-state index in [-0.39, 0.29) is 5.82 Å². The highest BCUT2D eigenvalue weighted by Gasteiger charge is 2.00. The summed E-state index contributed by atoms with van der Waals surface area (Å²) in [7, 11) is 2.04. The van der Waals surface area contributed by atoms with Crippen LogP contribution in [0.5, 0.6) is 0 Å². The summed E-state index contributed by atoms with van der Waals surface area (Å²) < 4.78 is 12.9. The van der Waals surface area contributed by atoms with E-state index in [1.807, 2.05) is 13.1 Å². The first-order valence-corrected chi connectivity index (χ1v) is 5.36. The molecule has 1 aromatic carbocycles. The molecule has 0 aliphatic rings. The minimum absolute atomic E-state index is 0.160. The molecular weight excluding hydrogens is 191 g/mol. The maximum Gasteiger partial charge on any atom is 0.123 e. The number of benzene rings is 1. The Balaban J connectivity index is 2.34. The van der Waals surface area contributed by atoms with Crippen molar-refractivity contribution in [2.45, 2.75) is 13.5 Å². The number of nitrogens with one attached hydrogen (secondary N) is 1. The number of hydrogen-bond acceptors (Lipinski definition) is 2. The molecule has 0 atom stereocenters. The fraction of sp³-hybridized carbons (Fsp3) is 0.500. The van der Waals surface area contributed by atoms with Gasteiger partial charge in [0.15, 0.2) is 0 Å². The molecule has 84 valence electrons. The average molecular weight is 210 g/mol. The van der Waals surface area contributed by atoms with Crippen molar-refractivity contribution in [3.05, 3.63) is 35.6 Å². The van der Waals surface area contributed by atoms with E-state index in [9.17, 15) is 4.39 Å². The van der Waals surface area contributed by atoms with Gasteiger partial charge in [-0.25, -0.2) is 4.39 Å². The minimum atomic E-state index is -0.160. The van der Waals surface area contributed by atoms with Gasteiger partial charge in [0.1, 0.15) is 5.82 Å². The molecule has 0 amide bonds. The van der Waals surface area contributed by atoms with Crippen LogP contribution in [0.4, 0.5) is 4.39 Å². The van der Waals surface area contributed by atoms with Crippen LogP contribution in [0.3, 0.4) is 0 Å². The quantitative estimate of drug-likeness (QED) is 0.721. The van der Waals surface area contributed by atoms with Gasteiger partial charge in [0.25, 0.3) is 0 Å². The van der Waals surface area contributed by atoms with Crippen LogP contribution in [-0.2, 0) is 6.54 Å². The van der Waals surface area contributed by atoms with Crippen LogP contribution in [0.1, 0.15) is 12.5 Å². The number of halogens is 1. The number of nitrogens with zero attached hydrogens (tertiary/aromatic N) is 1. The number of rotatable bonds is 6. The van der Waals surface area contributed by atoms with Crippen LogP contribution < -0.4 is 5.32 Å². The van der Waals surface area contributed by atoms with Crippen LogP contribution in [0, 0.1) is 5.82 Å². The number of likely N-dealkylation sites (N-methyl/N-ethyl adjacent to an activating group) is 2. The van der Waals surface area contributed by atoms with Gasteiger partial charge in [0.05, 0.1) is 0 Å². The van der Waals surface area contributed by atoms with Gasteiger partial charge in [-0.05, 0) is 31.3 Å². The van der Waals surface area contributed by atoms with Crippen molar-refractivity contribution >= 4 is 0 Å². The summed E-state index contributed by atoms with van der Waals surface area (Å²) in [6, 6.07) is 6.77. The van der Waals surface area contributed by atoms with Gasteiger partial charge in [0, 0.05) is 19.6 Å². The first kappa shape index (κ1) is 12.1. The molecule has 0 bridgehead atoms. The zero-order chi connectivity index (χ0) is 11.1. The zero-order valence-corrected chi connectivity index (χ0v) is 9.46. The second-order valence-corrected chi connectivity index (χ2v) is 3.72. The van der Waals surface area contributed by atoms with Gasteiger partial charge in [-0.2, -0.15) is 0 Å². The first-order chi connectivity index (χ1) is 7.22. The highest BCUT2D eigenvalue weighted by molar-refractivity contribution is 5.15. The van der Waals surface area contributed by atoms with Gasteiger partial charge in [-0.15, -0.1) is 0 Å². The lowest BCUT2D eigenvalue weighted by atomic mass is 10.2.